The number of carbonyl (C=O) groups is 1. The van der Waals surface area contributed by atoms with Gasteiger partial charge in [-0.2, -0.15) is 0 Å². The molecule has 0 N–H and O–H groups in total. The molecule has 1 amide bonds. The minimum atomic E-state index is -0.0111. The molecule has 2 nitrogen and oxygen atoms in total. The molecule has 0 aliphatic heterocycles. The molecular formula is C12H15Cl2NO. The number of halogens is 2. The molecule has 1 aromatic rings. The van der Waals surface area contributed by atoms with E-state index in [9.17, 15) is 4.79 Å². The standard InChI is InChI=1S/C12H15Cl2NO/c1-8(2)12(16)15(3)7-9-5-4-6-10(13)11(9)14/h4-6,8H,7H2,1-3H3. The zero-order valence-corrected chi connectivity index (χ0v) is 11.1. The average Bonchev–Trinajstić information content (AvgIpc) is 2.23. The first kappa shape index (κ1) is 13.3. The largest absolute Gasteiger partial charge is 0.341 e. The van der Waals surface area contributed by atoms with E-state index in [2.05, 4.69) is 0 Å². The second-order valence-corrected chi connectivity index (χ2v) is 4.85. The molecule has 16 heavy (non-hydrogen) atoms. The molecule has 0 heterocycles. The van der Waals surface area contributed by atoms with Crippen LogP contribution in [-0.4, -0.2) is 17.9 Å². The van der Waals surface area contributed by atoms with Gasteiger partial charge in [-0.15, -0.1) is 0 Å². The van der Waals surface area contributed by atoms with Crippen molar-refractivity contribution in [3.8, 4) is 0 Å². The Hall–Kier alpha value is -0.730. The fraction of sp³-hybridized carbons (Fsp3) is 0.417. The van der Waals surface area contributed by atoms with Crippen molar-refractivity contribution in [2.24, 2.45) is 5.92 Å². The van der Waals surface area contributed by atoms with E-state index < -0.39 is 0 Å². The number of rotatable bonds is 3. The molecule has 0 fully saturated rings. The molecule has 4 heteroatoms. The summed E-state index contributed by atoms with van der Waals surface area (Å²) >= 11 is 12.0. The van der Waals surface area contributed by atoms with Gasteiger partial charge in [0.25, 0.3) is 0 Å². The SMILES string of the molecule is CC(C)C(=O)N(C)Cc1cccc(Cl)c1Cl. The molecule has 0 saturated heterocycles. The van der Waals surface area contributed by atoms with Crippen molar-refractivity contribution < 1.29 is 4.79 Å². The van der Waals surface area contributed by atoms with Crippen LogP contribution in [0.4, 0.5) is 0 Å². The zero-order valence-electron chi connectivity index (χ0n) is 9.63. The Labute approximate surface area is 106 Å². The third-order valence-electron chi connectivity index (χ3n) is 2.31. The van der Waals surface area contributed by atoms with Gasteiger partial charge in [0.15, 0.2) is 0 Å². The number of nitrogens with zero attached hydrogens (tertiary/aromatic N) is 1. The summed E-state index contributed by atoms with van der Waals surface area (Å²) in [5, 5.41) is 1.04. The second-order valence-electron chi connectivity index (χ2n) is 4.06. The minimum Gasteiger partial charge on any atom is -0.341 e. The lowest BCUT2D eigenvalue weighted by Gasteiger charge is -2.20. The van der Waals surface area contributed by atoms with Crippen molar-refractivity contribution >= 4 is 29.1 Å². The minimum absolute atomic E-state index is 0.0111. The lowest BCUT2D eigenvalue weighted by atomic mass is 10.1. The highest BCUT2D eigenvalue weighted by atomic mass is 35.5. The molecule has 0 unspecified atom stereocenters. The van der Waals surface area contributed by atoms with Crippen LogP contribution in [0, 0.1) is 5.92 Å². The van der Waals surface area contributed by atoms with E-state index in [1.54, 1.807) is 18.0 Å². The van der Waals surface area contributed by atoms with E-state index in [1.807, 2.05) is 26.0 Å². The van der Waals surface area contributed by atoms with Crippen molar-refractivity contribution in [2.45, 2.75) is 20.4 Å². The Bertz CT molecular complexity index is 391. The predicted molar refractivity (Wildman–Crippen MR) is 67.8 cm³/mol. The fourth-order valence-electron chi connectivity index (χ4n) is 1.44. The van der Waals surface area contributed by atoms with Crippen molar-refractivity contribution in [2.75, 3.05) is 7.05 Å². The molecule has 0 aliphatic carbocycles. The van der Waals surface area contributed by atoms with Crippen molar-refractivity contribution in [3.63, 3.8) is 0 Å². The maximum atomic E-state index is 11.7. The van der Waals surface area contributed by atoms with Crippen molar-refractivity contribution in [3.05, 3.63) is 33.8 Å². The van der Waals surface area contributed by atoms with Gasteiger partial charge in [-0.05, 0) is 11.6 Å². The summed E-state index contributed by atoms with van der Waals surface area (Å²) in [5.74, 6) is 0.0824. The van der Waals surface area contributed by atoms with Crippen LogP contribution in [0.1, 0.15) is 19.4 Å². The first-order chi connectivity index (χ1) is 7.43. The van der Waals surface area contributed by atoms with E-state index in [-0.39, 0.29) is 11.8 Å². The van der Waals surface area contributed by atoms with Crippen LogP contribution in [0.3, 0.4) is 0 Å². The Morgan fingerprint density at radius 1 is 1.38 bits per heavy atom. The summed E-state index contributed by atoms with van der Waals surface area (Å²) < 4.78 is 0. The van der Waals surface area contributed by atoms with Gasteiger partial charge >= 0.3 is 0 Å². The molecule has 0 spiro atoms. The summed E-state index contributed by atoms with van der Waals surface area (Å²) in [5.41, 5.74) is 0.866. The first-order valence-corrected chi connectivity index (χ1v) is 5.87. The molecule has 0 radical (unpaired) electrons. The maximum Gasteiger partial charge on any atom is 0.225 e. The summed E-state index contributed by atoms with van der Waals surface area (Å²) in [7, 11) is 1.76. The Morgan fingerprint density at radius 3 is 2.56 bits per heavy atom. The van der Waals surface area contributed by atoms with Gasteiger partial charge in [0.1, 0.15) is 0 Å². The normalized spacial score (nSPS) is 10.6. The lowest BCUT2D eigenvalue weighted by molar-refractivity contribution is -0.133. The van der Waals surface area contributed by atoms with Crippen LogP contribution < -0.4 is 0 Å². The predicted octanol–water partition coefficient (Wildman–Crippen LogP) is 3.61. The topological polar surface area (TPSA) is 20.3 Å². The molecule has 0 bridgehead atoms. The molecule has 0 aliphatic rings. The quantitative estimate of drug-likeness (QED) is 0.813. The third kappa shape index (κ3) is 3.13. The highest BCUT2D eigenvalue weighted by Gasteiger charge is 2.14. The van der Waals surface area contributed by atoms with Gasteiger partial charge in [0.05, 0.1) is 10.0 Å². The van der Waals surface area contributed by atoms with Crippen molar-refractivity contribution in [1.82, 2.24) is 4.90 Å². The summed E-state index contributed by atoms with van der Waals surface area (Å²) in [6, 6.07) is 5.44. The monoisotopic (exact) mass is 259 g/mol. The summed E-state index contributed by atoms with van der Waals surface area (Å²) in [6.07, 6.45) is 0. The molecular weight excluding hydrogens is 245 g/mol. The molecule has 1 rings (SSSR count). The number of carbonyl (C=O) groups excluding carboxylic acids is 1. The summed E-state index contributed by atoms with van der Waals surface area (Å²) in [4.78, 5) is 13.3. The van der Waals surface area contributed by atoms with Gasteiger partial charge < -0.3 is 4.90 Å². The third-order valence-corrected chi connectivity index (χ3v) is 3.17. The zero-order chi connectivity index (χ0) is 12.3. The smallest absolute Gasteiger partial charge is 0.225 e. The second kappa shape index (κ2) is 5.55. The van der Waals surface area contributed by atoms with Gasteiger partial charge in [-0.3, -0.25) is 4.79 Å². The maximum absolute atomic E-state index is 11.7. The van der Waals surface area contributed by atoms with E-state index in [0.29, 0.717) is 16.6 Å². The Balaban J connectivity index is 2.81. The van der Waals surface area contributed by atoms with Crippen LogP contribution in [0.2, 0.25) is 10.0 Å². The van der Waals surface area contributed by atoms with Crippen LogP contribution in [0.15, 0.2) is 18.2 Å². The van der Waals surface area contributed by atoms with Crippen LogP contribution in [0.5, 0.6) is 0 Å². The van der Waals surface area contributed by atoms with Gasteiger partial charge in [-0.25, -0.2) is 0 Å². The van der Waals surface area contributed by atoms with Crippen LogP contribution in [-0.2, 0) is 11.3 Å². The summed E-state index contributed by atoms with van der Waals surface area (Å²) in [6.45, 7) is 4.23. The molecule has 1 aromatic carbocycles. The van der Waals surface area contributed by atoms with Crippen LogP contribution in [0.25, 0.3) is 0 Å². The fourth-order valence-corrected chi connectivity index (χ4v) is 1.82. The molecule has 0 aromatic heterocycles. The number of hydrogen-bond donors (Lipinski definition) is 0. The van der Waals surface area contributed by atoms with E-state index in [1.165, 1.54) is 0 Å². The number of amides is 1. The van der Waals surface area contributed by atoms with Gasteiger partial charge in [0.2, 0.25) is 5.91 Å². The van der Waals surface area contributed by atoms with E-state index >= 15 is 0 Å². The molecule has 0 saturated carbocycles. The van der Waals surface area contributed by atoms with E-state index in [4.69, 9.17) is 23.2 Å². The van der Waals surface area contributed by atoms with Crippen molar-refractivity contribution in [1.29, 1.82) is 0 Å². The average molecular weight is 260 g/mol. The Kier molecular flexibility index (Phi) is 4.63. The molecule has 88 valence electrons. The van der Waals surface area contributed by atoms with Gasteiger partial charge in [0, 0.05) is 19.5 Å². The number of hydrogen-bond acceptors (Lipinski definition) is 1. The van der Waals surface area contributed by atoms with Gasteiger partial charge in [-0.1, -0.05) is 49.2 Å². The Morgan fingerprint density at radius 2 is 2.00 bits per heavy atom. The first-order valence-electron chi connectivity index (χ1n) is 5.11. The highest BCUT2D eigenvalue weighted by molar-refractivity contribution is 6.42. The highest BCUT2D eigenvalue weighted by Crippen LogP contribution is 2.26. The van der Waals surface area contributed by atoms with E-state index in [0.717, 1.165) is 5.56 Å². The molecule has 0 atom stereocenters. The number of benzene rings is 1. The lowest BCUT2D eigenvalue weighted by Crippen LogP contribution is -2.30. The van der Waals surface area contributed by atoms with Crippen LogP contribution >= 0.6 is 23.2 Å².